The summed E-state index contributed by atoms with van der Waals surface area (Å²) in [5.74, 6) is 0.607. The van der Waals surface area contributed by atoms with E-state index < -0.39 is 5.56 Å². The summed E-state index contributed by atoms with van der Waals surface area (Å²) >= 11 is 0. The Morgan fingerprint density at radius 1 is 1.24 bits per heavy atom. The average molecular weight is 385 g/mol. The highest BCUT2D eigenvalue weighted by Gasteiger charge is 2.12. The molecule has 4 aromatic rings. The lowest BCUT2D eigenvalue weighted by atomic mass is 10.1. The van der Waals surface area contributed by atoms with Crippen molar-refractivity contribution in [1.29, 1.82) is 5.26 Å². The number of aliphatic hydroxyl groups excluding tert-OH is 1. The lowest BCUT2D eigenvalue weighted by Gasteiger charge is -2.05. The van der Waals surface area contributed by atoms with E-state index in [1.807, 2.05) is 24.3 Å². The van der Waals surface area contributed by atoms with Crippen LogP contribution in [-0.4, -0.2) is 21.3 Å². The number of hydrazone groups is 1. The van der Waals surface area contributed by atoms with E-state index in [9.17, 15) is 10.1 Å². The molecule has 0 saturated carbocycles. The van der Waals surface area contributed by atoms with Gasteiger partial charge >= 0.3 is 0 Å². The first kappa shape index (κ1) is 18.2. The van der Waals surface area contributed by atoms with Crippen molar-refractivity contribution in [2.75, 3.05) is 5.43 Å². The number of benzene rings is 2. The molecule has 2 heterocycles. The molecular formula is C21H15N5O3. The van der Waals surface area contributed by atoms with Crippen molar-refractivity contribution in [3.63, 3.8) is 0 Å². The Morgan fingerprint density at radius 2 is 2.07 bits per heavy atom. The summed E-state index contributed by atoms with van der Waals surface area (Å²) in [5.41, 5.74) is 4.48. The average Bonchev–Trinajstić information content (AvgIpc) is 3.16. The minimum atomic E-state index is -0.546. The fourth-order valence-electron chi connectivity index (χ4n) is 2.88. The highest BCUT2D eigenvalue weighted by atomic mass is 16.4. The molecule has 0 radical (unpaired) electrons. The number of hydrogen-bond acceptors (Lipinski definition) is 7. The predicted octanol–water partition coefficient (Wildman–Crippen LogP) is 2.99. The van der Waals surface area contributed by atoms with Crippen molar-refractivity contribution in [3.05, 3.63) is 81.8 Å². The molecule has 0 aliphatic rings. The smallest absolute Gasteiger partial charge is 0.270 e. The Kier molecular flexibility index (Phi) is 4.88. The summed E-state index contributed by atoms with van der Waals surface area (Å²) in [6.07, 6.45) is 1.56. The Morgan fingerprint density at radius 3 is 2.83 bits per heavy atom. The van der Waals surface area contributed by atoms with Crippen molar-refractivity contribution in [1.82, 2.24) is 9.97 Å². The zero-order valence-electron chi connectivity index (χ0n) is 15.1. The molecule has 0 saturated heterocycles. The van der Waals surface area contributed by atoms with Crippen LogP contribution in [0.2, 0.25) is 0 Å². The van der Waals surface area contributed by atoms with Gasteiger partial charge in [0, 0.05) is 10.9 Å². The first-order chi connectivity index (χ1) is 14.2. The third kappa shape index (κ3) is 3.76. The summed E-state index contributed by atoms with van der Waals surface area (Å²) in [4.78, 5) is 19.1. The Labute approximate surface area is 164 Å². The number of hydrogen-bond donors (Lipinski definition) is 3. The zero-order valence-corrected chi connectivity index (χ0v) is 15.1. The number of anilines is 1. The molecule has 142 valence electrons. The second-order valence-corrected chi connectivity index (χ2v) is 6.15. The van der Waals surface area contributed by atoms with Crippen LogP contribution in [0, 0.1) is 11.3 Å². The molecule has 4 rings (SSSR count). The Bertz CT molecular complexity index is 1300. The van der Waals surface area contributed by atoms with Crippen molar-refractivity contribution >= 4 is 23.1 Å². The summed E-state index contributed by atoms with van der Waals surface area (Å²) in [6, 6.07) is 18.1. The molecule has 0 atom stereocenters. The Balaban J connectivity index is 1.60. The van der Waals surface area contributed by atoms with E-state index in [4.69, 9.17) is 9.52 Å². The largest absolute Gasteiger partial charge is 0.459 e. The lowest BCUT2D eigenvalue weighted by Crippen LogP contribution is -2.16. The molecule has 0 spiro atoms. The number of aliphatic hydroxyl groups is 1. The van der Waals surface area contributed by atoms with Gasteiger partial charge in [-0.2, -0.15) is 10.4 Å². The van der Waals surface area contributed by atoms with Gasteiger partial charge < -0.3 is 9.52 Å². The van der Waals surface area contributed by atoms with Gasteiger partial charge in [-0.05, 0) is 29.8 Å². The molecule has 0 bridgehead atoms. The SMILES string of the molecule is N#Cc1c(-c2ccccc2)nc(NN=Cc2ccc3oc(CO)cc3c2)[nH]c1=O. The molecule has 0 fully saturated rings. The highest BCUT2D eigenvalue weighted by molar-refractivity contribution is 5.88. The van der Waals surface area contributed by atoms with Crippen LogP contribution in [0.5, 0.6) is 0 Å². The molecule has 0 unspecified atom stereocenters. The summed E-state index contributed by atoms with van der Waals surface area (Å²) < 4.78 is 5.45. The number of nitriles is 1. The van der Waals surface area contributed by atoms with Crippen molar-refractivity contribution < 1.29 is 9.52 Å². The lowest BCUT2D eigenvalue weighted by molar-refractivity contribution is 0.251. The van der Waals surface area contributed by atoms with E-state index >= 15 is 0 Å². The van der Waals surface area contributed by atoms with Gasteiger partial charge in [-0.3, -0.25) is 9.78 Å². The number of nitrogens with one attached hydrogen (secondary N) is 2. The number of rotatable bonds is 5. The van der Waals surface area contributed by atoms with Crippen LogP contribution in [0.25, 0.3) is 22.2 Å². The fourth-order valence-corrected chi connectivity index (χ4v) is 2.88. The van der Waals surface area contributed by atoms with E-state index in [2.05, 4.69) is 20.5 Å². The fraction of sp³-hybridized carbons (Fsp3) is 0.0476. The normalized spacial score (nSPS) is 11.0. The highest BCUT2D eigenvalue weighted by Crippen LogP contribution is 2.21. The monoisotopic (exact) mass is 385 g/mol. The summed E-state index contributed by atoms with van der Waals surface area (Å²) in [5, 5.41) is 23.4. The minimum absolute atomic E-state index is 0.0594. The van der Waals surface area contributed by atoms with Crippen molar-refractivity contribution in [3.8, 4) is 17.3 Å². The third-order valence-corrected chi connectivity index (χ3v) is 4.21. The maximum atomic E-state index is 12.2. The summed E-state index contributed by atoms with van der Waals surface area (Å²) in [6.45, 7) is -0.166. The molecule has 29 heavy (non-hydrogen) atoms. The van der Waals surface area contributed by atoms with Crippen LogP contribution in [0.1, 0.15) is 16.9 Å². The van der Waals surface area contributed by atoms with Gasteiger partial charge in [-0.1, -0.05) is 30.3 Å². The van der Waals surface area contributed by atoms with Crippen LogP contribution in [0.15, 0.2) is 68.9 Å². The van der Waals surface area contributed by atoms with E-state index in [1.165, 1.54) is 0 Å². The van der Waals surface area contributed by atoms with E-state index in [0.717, 1.165) is 10.9 Å². The molecule has 0 amide bonds. The molecule has 2 aromatic heterocycles. The maximum Gasteiger partial charge on any atom is 0.270 e. The third-order valence-electron chi connectivity index (χ3n) is 4.21. The van der Waals surface area contributed by atoms with Crippen molar-refractivity contribution in [2.24, 2.45) is 5.10 Å². The van der Waals surface area contributed by atoms with Gasteiger partial charge in [0.2, 0.25) is 5.95 Å². The molecule has 2 aromatic carbocycles. The first-order valence-electron chi connectivity index (χ1n) is 8.70. The molecule has 3 N–H and O–H groups in total. The number of nitrogens with zero attached hydrogens (tertiary/aromatic N) is 3. The molecule has 8 heteroatoms. The van der Waals surface area contributed by atoms with Gasteiger partial charge in [0.15, 0.2) is 0 Å². The number of aromatic amines is 1. The zero-order chi connectivity index (χ0) is 20.2. The minimum Gasteiger partial charge on any atom is -0.459 e. The van der Waals surface area contributed by atoms with Crippen LogP contribution in [0.4, 0.5) is 5.95 Å². The second-order valence-electron chi connectivity index (χ2n) is 6.15. The molecule has 0 aliphatic carbocycles. The van der Waals surface area contributed by atoms with Gasteiger partial charge in [0.25, 0.3) is 5.56 Å². The topological polar surface area (TPSA) is 127 Å². The molecule has 0 aliphatic heterocycles. The summed E-state index contributed by atoms with van der Waals surface area (Å²) in [7, 11) is 0. The maximum absolute atomic E-state index is 12.2. The van der Waals surface area contributed by atoms with Gasteiger partial charge in [0.05, 0.1) is 11.9 Å². The van der Waals surface area contributed by atoms with Crippen LogP contribution >= 0.6 is 0 Å². The van der Waals surface area contributed by atoms with E-state index in [0.29, 0.717) is 16.9 Å². The number of furan rings is 1. The Hall–Kier alpha value is -4.22. The van der Waals surface area contributed by atoms with Gasteiger partial charge in [0.1, 0.15) is 29.6 Å². The first-order valence-corrected chi connectivity index (χ1v) is 8.70. The van der Waals surface area contributed by atoms with Crippen LogP contribution in [-0.2, 0) is 6.61 Å². The van der Waals surface area contributed by atoms with Gasteiger partial charge in [-0.15, -0.1) is 0 Å². The van der Waals surface area contributed by atoms with Crippen LogP contribution in [0.3, 0.4) is 0 Å². The van der Waals surface area contributed by atoms with E-state index in [-0.39, 0.29) is 23.8 Å². The number of fused-ring (bicyclic) bond motifs is 1. The number of H-pyrrole nitrogens is 1. The van der Waals surface area contributed by atoms with Crippen LogP contribution < -0.4 is 11.0 Å². The molecule has 8 nitrogen and oxygen atoms in total. The number of aromatic nitrogens is 2. The standard InChI is InChI=1S/C21H15N5O3/c22-10-17-19(14-4-2-1-3-5-14)24-21(25-20(17)28)26-23-11-13-6-7-18-15(8-13)9-16(12-27)29-18/h1-9,11,27H,12H2,(H2,24,25,26,28). The van der Waals surface area contributed by atoms with Gasteiger partial charge in [-0.25, -0.2) is 10.4 Å². The molecular weight excluding hydrogens is 370 g/mol. The second kappa shape index (κ2) is 7.80. The van der Waals surface area contributed by atoms with E-state index in [1.54, 1.807) is 42.6 Å². The quantitative estimate of drug-likeness (QED) is 0.358. The van der Waals surface area contributed by atoms with Crippen molar-refractivity contribution in [2.45, 2.75) is 6.61 Å². The predicted molar refractivity (Wildman–Crippen MR) is 108 cm³/mol.